The third kappa shape index (κ3) is 2.06. The summed E-state index contributed by atoms with van der Waals surface area (Å²) in [5.41, 5.74) is 1.53. The maximum atomic E-state index is 10.5. The minimum absolute atomic E-state index is 0.0859. The van der Waals surface area contributed by atoms with Gasteiger partial charge in [-0.1, -0.05) is 24.3 Å². The molecular formula is C12H10N2O2. The summed E-state index contributed by atoms with van der Waals surface area (Å²) < 4.78 is 0. The molecule has 0 fully saturated rings. The van der Waals surface area contributed by atoms with Crippen molar-refractivity contribution in [2.75, 3.05) is 0 Å². The highest BCUT2D eigenvalue weighted by atomic mass is 16.6. The molecule has 0 N–H and O–H groups in total. The zero-order valence-electron chi connectivity index (χ0n) is 8.75. The highest BCUT2D eigenvalue weighted by Crippen LogP contribution is 2.13. The molecule has 0 aliphatic rings. The molecule has 0 saturated heterocycles. The SMILES string of the molecule is CC(=Cc1ccc2ccccc2n1)[N+](=O)[O-]. The van der Waals surface area contributed by atoms with Crippen molar-refractivity contribution in [1.29, 1.82) is 0 Å². The highest BCUT2D eigenvalue weighted by Gasteiger charge is 2.03. The third-order valence-corrected chi connectivity index (χ3v) is 2.26. The normalized spacial score (nSPS) is 11.7. The third-order valence-electron chi connectivity index (χ3n) is 2.26. The Balaban J connectivity index is 2.47. The van der Waals surface area contributed by atoms with E-state index < -0.39 is 4.92 Å². The van der Waals surface area contributed by atoms with Gasteiger partial charge in [0.05, 0.1) is 16.1 Å². The summed E-state index contributed by atoms with van der Waals surface area (Å²) in [4.78, 5) is 14.4. The molecule has 0 amide bonds. The number of allylic oxidation sites excluding steroid dienone is 1. The largest absolute Gasteiger partial charge is 0.259 e. The number of aromatic nitrogens is 1. The van der Waals surface area contributed by atoms with Gasteiger partial charge in [0.25, 0.3) is 0 Å². The van der Waals surface area contributed by atoms with Crippen LogP contribution in [0, 0.1) is 10.1 Å². The molecule has 80 valence electrons. The molecular weight excluding hydrogens is 204 g/mol. The van der Waals surface area contributed by atoms with Crippen LogP contribution in [0.2, 0.25) is 0 Å². The van der Waals surface area contributed by atoms with E-state index in [1.807, 2.05) is 30.3 Å². The molecule has 4 heteroatoms. The Bertz CT molecular complexity index is 576. The number of nitrogens with zero attached hydrogens (tertiary/aromatic N) is 2. The molecule has 1 heterocycles. The van der Waals surface area contributed by atoms with E-state index in [0.717, 1.165) is 10.9 Å². The van der Waals surface area contributed by atoms with Gasteiger partial charge in [-0.3, -0.25) is 10.1 Å². The maximum Gasteiger partial charge on any atom is 0.245 e. The van der Waals surface area contributed by atoms with Gasteiger partial charge in [0, 0.05) is 18.4 Å². The summed E-state index contributed by atoms with van der Waals surface area (Å²) in [5.74, 6) is 0. The molecule has 4 nitrogen and oxygen atoms in total. The molecule has 0 atom stereocenters. The Hall–Kier alpha value is -2.23. The predicted molar refractivity (Wildman–Crippen MR) is 62.4 cm³/mol. The van der Waals surface area contributed by atoms with Gasteiger partial charge in [-0.15, -0.1) is 0 Å². The van der Waals surface area contributed by atoms with Crippen molar-refractivity contribution in [3.63, 3.8) is 0 Å². The molecule has 0 bridgehead atoms. The fourth-order valence-corrected chi connectivity index (χ4v) is 1.43. The number of benzene rings is 1. The lowest BCUT2D eigenvalue weighted by atomic mass is 10.2. The van der Waals surface area contributed by atoms with Crippen LogP contribution in [0.4, 0.5) is 0 Å². The monoisotopic (exact) mass is 214 g/mol. The number of nitro groups is 1. The molecule has 0 radical (unpaired) electrons. The van der Waals surface area contributed by atoms with Crippen LogP contribution in [0.25, 0.3) is 17.0 Å². The number of rotatable bonds is 2. The summed E-state index contributed by atoms with van der Waals surface area (Å²) in [6, 6.07) is 11.3. The summed E-state index contributed by atoms with van der Waals surface area (Å²) in [7, 11) is 0. The van der Waals surface area contributed by atoms with Gasteiger partial charge in [-0.25, -0.2) is 4.98 Å². The quantitative estimate of drug-likeness (QED) is 0.570. The molecule has 0 saturated carbocycles. The number of hydrogen-bond acceptors (Lipinski definition) is 3. The van der Waals surface area contributed by atoms with Crippen molar-refractivity contribution < 1.29 is 4.92 Å². The highest BCUT2D eigenvalue weighted by molar-refractivity contribution is 5.79. The molecule has 2 aromatic rings. The fourth-order valence-electron chi connectivity index (χ4n) is 1.43. The molecule has 1 aromatic carbocycles. The predicted octanol–water partition coefficient (Wildman–Crippen LogP) is 2.87. The number of hydrogen-bond donors (Lipinski definition) is 0. The lowest BCUT2D eigenvalue weighted by Crippen LogP contribution is -1.94. The number of para-hydroxylation sites is 1. The van der Waals surface area contributed by atoms with Crippen LogP contribution in [0.1, 0.15) is 12.6 Å². The van der Waals surface area contributed by atoms with Gasteiger partial charge in [0.2, 0.25) is 5.70 Å². The Kier molecular flexibility index (Phi) is 2.64. The first kappa shape index (κ1) is 10.3. The van der Waals surface area contributed by atoms with Crippen LogP contribution in [0.5, 0.6) is 0 Å². The van der Waals surface area contributed by atoms with Gasteiger partial charge < -0.3 is 0 Å². The first-order chi connectivity index (χ1) is 7.66. The van der Waals surface area contributed by atoms with E-state index in [-0.39, 0.29) is 5.70 Å². The fraction of sp³-hybridized carbons (Fsp3) is 0.0833. The van der Waals surface area contributed by atoms with E-state index in [4.69, 9.17) is 0 Å². The van der Waals surface area contributed by atoms with Crippen molar-refractivity contribution >= 4 is 17.0 Å². The second-order valence-electron chi connectivity index (χ2n) is 3.47. The molecule has 16 heavy (non-hydrogen) atoms. The summed E-state index contributed by atoms with van der Waals surface area (Å²) in [6.45, 7) is 1.46. The van der Waals surface area contributed by atoms with Crippen LogP contribution >= 0.6 is 0 Å². The Labute approximate surface area is 92.4 Å². The minimum atomic E-state index is -0.420. The van der Waals surface area contributed by atoms with Gasteiger partial charge in [0.15, 0.2) is 0 Å². The van der Waals surface area contributed by atoms with Crippen molar-refractivity contribution in [3.8, 4) is 0 Å². The molecule has 2 rings (SSSR count). The van der Waals surface area contributed by atoms with E-state index >= 15 is 0 Å². The first-order valence-electron chi connectivity index (χ1n) is 4.85. The topological polar surface area (TPSA) is 56.0 Å². The van der Waals surface area contributed by atoms with Crippen molar-refractivity contribution in [2.45, 2.75) is 6.92 Å². The smallest absolute Gasteiger partial charge is 0.245 e. The molecule has 0 spiro atoms. The minimum Gasteiger partial charge on any atom is -0.259 e. The molecule has 0 aliphatic carbocycles. The summed E-state index contributed by atoms with van der Waals surface area (Å²) >= 11 is 0. The van der Waals surface area contributed by atoms with Crippen LogP contribution in [0.15, 0.2) is 42.1 Å². The molecule has 1 aromatic heterocycles. The van der Waals surface area contributed by atoms with Crippen LogP contribution in [-0.4, -0.2) is 9.91 Å². The second-order valence-corrected chi connectivity index (χ2v) is 3.47. The Morgan fingerprint density at radius 1 is 1.31 bits per heavy atom. The molecule has 0 aliphatic heterocycles. The van der Waals surface area contributed by atoms with E-state index in [9.17, 15) is 10.1 Å². The lowest BCUT2D eigenvalue weighted by molar-refractivity contribution is -0.422. The van der Waals surface area contributed by atoms with E-state index in [1.54, 1.807) is 6.07 Å². The van der Waals surface area contributed by atoms with Crippen LogP contribution < -0.4 is 0 Å². The van der Waals surface area contributed by atoms with Crippen LogP contribution in [0.3, 0.4) is 0 Å². The summed E-state index contributed by atoms with van der Waals surface area (Å²) in [5, 5.41) is 11.5. The maximum absolute atomic E-state index is 10.5. The average Bonchev–Trinajstić information content (AvgIpc) is 2.28. The lowest BCUT2D eigenvalue weighted by Gasteiger charge is -1.98. The van der Waals surface area contributed by atoms with Crippen molar-refractivity contribution in [3.05, 3.63) is 57.9 Å². The average molecular weight is 214 g/mol. The van der Waals surface area contributed by atoms with E-state index in [0.29, 0.717) is 5.69 Å². The number of fused-ring (bicyclic) bond motifs is 1. The standard InChI is InChI=1S/C12H10N2O2/c1-9(14(15)16)8-11-7-6-10-4-2-3-5-12(10)13-11/h2-8H,1H3. The van der Waals surface area contributed by atoms with Crippen molar-refractivity contribution in [1.82, 2.24) is 4.98 Å². The van der Waals surface area contributed by atoms with E-state index in [2.05, 4.69) is 4.98 Å². The van der Waals surface area contributed by atoms with Crippen molar-refractivity contribution in [2.24, 2.45) is 0 Å². The van der Waals surface area contributed by atoms with Gasteiger partial charge in [-0.05, 0) is 12.1 Å². The zero-order chi connectivity index (χ0) is 11.5. The van der Waals surface area contributed by atoms with Gasteiger partial charge in [0.1, 0.15) is 0 Å². The Morgan fingerprint density at radius 3 is 2.81 bits per heavy atom. The molecule has 0 unspecified atom stereocenters. The first-order valence-corrected chi connectivity index (χ1v) is 4.85. The Morgan fingerprint density at radius 2 is 2.06 bits per heavy atom. The van der Waals surface area contributed by atoms with Gasteiger partial charge >= 0.3 is 0 Å². The van der Waals surface area contributed by atoms with E-state index in [1.165, 1.54) is 13.0 Å². The van der Waals surface area contributed by atoms with Gasteiger partial charge in [-0.2, -0.15) is 0 Å². The summed E-state index contributed by atoms with van der Waals surface area (Å²) in [6.07, 6.45) is 1.46. The second kappa shape index (κ2) is 4.10. The zero-order valence-corrected chi connectivity index (χ0v) is 8.75. The van der Waals surface area contributed by atoms with Crippen LogP contribution in [-0.2, 0) is 0 Å². The number of pyridine rings is 1.